The molecule has 0 saturated heterocycles. The van der Waals surface area contributed by atoms with Crippen LogP contribution < -0.4 is 5.73 Å². The van der Waals surface area contributed by atoms with Gasteiger partial charge in [0.15, 0.2) is 0 Å². The summed E-state index contributed by atoms with van der Waals surface area (Å²) in [7, 11) is 0. The quantitative estimate of drug-likeness (QED) is 0.911. The molecule has 2 N–H and O–H groups in total. The molecule has 2 aromatic rings. The molecule has 1 aromatic heterocycles. The molecule has 1 saturated carbocycles. The third-order valence-corrected chi connectivity index (χ3v) is 4.84. The van der Waals surface area contributed by atoms with Gasteiger partial charge >= 0.3 is 0 Å². The van der Waals surface area contributed by atoms with E-state index < -0.39 is 0 Å². The lowest BCUT2D eigenvalue weighted by molar-refractivity contribution is 0.886. The van der Waals surface area contributed by atoms with Gasteiger partial charge in [-0.25, -0.2) is 4.98 Å². The minimum atomic E-state index is 0.585. The molecule has 1 aromatic carbocycles. The summed E-state index contributed by atoms with van der Waals surface area (Å²) < 4.78 is 0. The Morgan fingerprint density at radius 1 is 1.22 bits per heavy atom. The summed E-state index contributed by atoms with van der Waals surface area (Å²) in [6.07, 6.45) is 5.40. The first-order chi connectivity index (χ1) is 8.86. The molecule has 0 unspecified atom stereocenters. The number of hydrogen-bond donors (Lipinski definition) is 1. The Balaban J connectivity index is 1.96. The van der Waals surface area contributed by atoms with E-state index in [1.165, 1.54) is 36.6 Å². The van der Waals surface area contributed by atoms with Crippen molar-refractivity contribution in [1.82, 2.24) is 4.98 Å². The molecule has 0 aliphatic heterocycles. The molecule has 0 spiro atoms. The van der Waals surface area contributed by atoms with Crippen molar-refractivity contribution >= 4 is 22.7 Å². The normalized spacial score (nSPS) is 16.5. The van der Waals surface area contributed by atoms with E-state index in [0.717, 1.165) is 15.8 Å². The van der Waals surface area contributed by atoms with Gasteiger partial charge in [-0.3, -0.25) is 0 Å². The van der Waals surface area contributed by atoms with Gasteiger partial charge in [-0.15, -0.1) is 11.8 Å². The van der Waals surface area contributed by atoms with E-state index in [4.69, 9.17) is 10.7 Å². The zero-order valence-corrected chi connectivity index (χ0v) is 11.2. The molecule has 0 amide bonds. The molecule has 1 aliphatic rings. The highest BCUT2D eigenvalue weighted by molar-refractivity contribution is 7.99. The van der Waals surface area contributed by atoms with Crippen LogP contribution in [0.15, 0.2) is 35.4 Å². The lowest BCUT2D eigenvalue weighted by Gasteiger charge is -2.11. The van der Waals surface area contributed by atoms with Crippen molar-refractivity contribution in [3.05, 3.63) is 35.9 Å². The first-order valence-corrected chi connectivity index (χ1v) is 7.50. The van der Waals surface area contributed by atoms with Gasteiger partial charge in [0.05, 0.1) is 10.5 Å². The van der Waals surface area contributed by atoms with E-state index in [1.807, 2.05) is 23.9 Å². The maximum absolute atomic E-state index is 5.86. The number of nitrogens with two attached hydrogens (primary N) is 1. The molecule has 18 heavy (non-hydrogen) atoms. The number of nitrogens with zero attached hydrogens (tertiary/aromatic N) is 1. The van der Waals surface area contributed by atoms with E-state index in [2.05, 4.69) is 18.2 Å². The molecule has 3 rings (SSSR count). The van der Waals surface area contributed by atoms with Gasteiger partial charge in [-0.05, 0) is 30.5 Å². The smallest absolute Gasteiger partial charge is 0.0973 e. The number of benzene rings is 1. The average molecular weight is 258 g/mol. The summed E-state index contributed by atoms with van der Waals surface area (Å²) in [5.41, 5.74) is 8.14. The highest BCUT2D eigenvalue weighted by atomic mass is 32.2. The molecule has 1 fully saturated rings. The Labute approximate surface area is 112 Å². The van der Waals surface area contributed by atoms with Crippen molar-refractivity contribution in [1.29, 1.82) is 0 Å². The van der Waals surface area contributed by atoms with E-state index in [1.54, 1.807) is 0 Å². The Morgan fingerprint density at radius 2 is 2.00 bits per heavy atom. The number of fused-ring (bicyclic) bond motifs is 1. The summed E-state index contributed by atoms with van der Waals surface area (Å²) in [6.45, 7) is 0.585. The lowest BCUT2D eigenvalue weighted by Crippen LogP contribution is -2.01. The Kier molecular flexibility index (Phi) is 3.52. The molecule has 0 bridgehead atoms. The fourth-order valence-electron chi connectivity index (χ4n) is 2.63. The minimum absolute atomic E-state index is 0.585. The predicted octanol–water partition coefficient (Wildman–Crippen LogP) is 3.73. The van der Waals surface area contributed by atoms with Gasteiger partial charge in [0.1, 0.15) is 0 Å². The van der Waals surface area contributed by atoms with E-state index in [-0.39, 0.29) is 0 Å². The Bertz CT molecular complexity index is 547. The van der Waals surface area contributed by atoms with Gasteiger partial charge in [-0.2, -0.15) is 0 Å². The van der Waals surface area contributed by atoms with Crippen LogP contribution in [-0.2, 0) is 6.54 Å². The molecule has 3 heteroatoms. The average Bonchev–Trinajstić information content (AvgIpc) is 2.90. The van der Waals surface area contributed by atoms with E-state index >= 15 is 0 Å². The highest BCUT2D eigenvalue weighted by Crippen LogP contribution is 2.35. The fourth-order valence-corrected chi connectivity index (χ4v) is 3.90. The molecule has 2 nitrogen and oxygen atoms in total. The van der Waals surface area contributed by atoms with Gasteiger partial charge in [0.25, 0.3) is 0 Å². The second-order valence-electron chi connectivity index (χ2n) is 4.87. The molecule has 94 valence electrons. The zero-order valence-electron chi connectivity index (χ0n) is 10.4. The zero-order chi connectivity index (χ0) is 12.4. The molecular weight excluding hydrogens is 240 g/mol. The second-order valence-corrected chi connectivity index (χ2v) is 6.19. The molecule has 0 atom stereocenters. The molecule has 1 heterocycles. The van der Waals surface area contributed by atoms with Crippen LogP contribution in [0.5, 0.6) is 0 Å². The van der Waals surface area contributed by atoms with Gasteiger partial charge in [-0.1, -0.05) is 31.0 Å². The van der Waals surface area contributed by atoms with Gasteiger partial charge in [0, 0.05) is 17.2 Å². The van der Waals surface area contributed by atoms with Crippen LogP contribution in [0, 0.1) is 0 Å². The Hall–Kier alpha value is -1.06. The van der Waals surface area contributed by atoms with Crippen LogP contribution in [0.25, 0.3) is 10.9 Å². The number of hydrogen-bond acceptors (Lipinski definition) is 3. The van der Waals surface area contributed by atoms with Gasteiger partial charge in [0.2, 0.25) is 0 Å². The number of para-hydroxylation sites is 1. The molecular formula is C15H18N2S. The summed E-state index contributed by atoms with van der Waals surface area (Å²) in [5.74, 6) is 0. The Morgan fingerprint density at radius 3 is 2.78 bits per heavy atom. The summed E-state index contributed by atoms with van der Waals surface area (Å²) in [4.78, 5) is 4.75. The van der Waals surface area contributed by atoms with Crippen LogP contribution in [0.4, 0.5) is 0 Å². The second kappa shape index (κ2) is 5.29. The summed E-state index contributed by atoms with van der Waals surface area (Å²) >= 11 is 1.93. The largest absolute Gasteiger partial charge is 0.326 e. The fraction of sp³-hybridized carbons (Fsp3) is 0.400. The number of aromatic nitrogens is 1. The first-order valence-electron chi connectivity index (χ1n) is 6.62. The van der Waals surface area contributed by atoms with Crippen LogP contribution in [0.2, 0.25) is 0 Å². The predicted molar refractivity (Wildman–Crippen MR) is 77.7 cm³/mol. The topological polar surface area (TPSA) is 38.9 Å². The lowest BCUT2D eigenvalue weighted by atomic mass is 10.1. The maximum atomic E-state index is 5.86. The van der Waals surface area contributed by atoms with Crippen LogP contribution in [0.1, 0.15) is 31.2 Å². The summed E-state index contributed by atoms with van der Waals surface area (Å²) in [6, 6.07) is 10.4. The number of pyridine rings is 1. The van der Waals surface area contributed by atoms with Crippen molar-refractivity contribution in [3.63, 3.8) is 0 Å². The first kappa shape index (κ1) is 12.0. The van der Waals surface area contributed by atoms with Crippen molar-refractivity contribution in [2.75, 3.05) is 0 Å². The summed E-state index contributed by atoms with van der Waals surface area (Å²) in [5, 5.41) is 3.08. The number of rotatable bonds is 3. The molecule has 0 radical (unpaired) electrons. The third kappa shape index (κ3) is 2.38. The SMILES string of the molecule is NCc1cc(SC2CCCC2)nc2ccccc12. The number of thioether (sulfide) groups is 1. The van der Waals surface area contributed by atoms with Gasteiger partial charge < -0.3 is 5.73 Å². The van der Waals surface area contributed by atoms with Crippen LogP contribution in [0.3, 0.4) is 0 Å². The van der Waals surface area contributed by atoms with E-state index in [9.17, 15) is 0 Å². The van der Waals surface area contributed by atoms with E-state index in [0.29, 0.717) is 6.54 Å². The van der Waals surface area contributed by atoms with Crippen molar-refractivity contribution in [3.8, 4) is 0 Å². The van der Waals surface area contributed by atoms with Crippen molar-refractivity contribution in [2.45, 2.75) is 42.5 Å². The monoisotopic (exact) mass is 258 g/mol. The minimum Gasteiger partial charge on any atom is -0.326 e. The van der Waals surface area contributed by atoms with Crippen molar-refractivity contribution in [2.24, 2.45) is 5.73 Å². The van der Waals surface area contributed by atoms with Crippen LogP contribution >= 0.6 is 11.8 Å². The molecule has 1 aliphatic carbocycles. The highest BCUT2D eigenvalue weighted by Gasteiger charge is 2.17. The van der Waals surface area contributed by atoms with Crippen molar-refractivity contribution < 1.29 is 0 Å². The third-order valence-electron chi connectivity index (χ3n) is 3.59. The van der Waals surface area contributed by atoms with Crippen LogP contribution in [-0.4, -0.2) is 10.2 Å². The standard InChI is InChI=1S/C15H18N2S/c16-10-11-9-15(18-12-5-1-2-6-12)17-14-8-4-3-7-13(11)14/h3-4,7-9,12H,1-2,5-6,10,16H2. The maximum Gasteiger partial charge on any atom is 0.0973 e.